The summed E-state index contributed by atoms with van der Waals surface area (Å²) in [6.45, 7) is 2.37. The van der Waals surface area contributed by atoms with Gasteiger partial charge in [-0.15, -0.1) is 0 Å². The van der Waals surface area contributed by atoms with Crippen molar-refractivity contribution < 1.29 is 8.42 Å². The lowest BCUT2D eigenvalue weighted by atomic mass is 10.0. The molecular weight excluding hydrogens is 306 g/mol. The smallest absolute Gasteiger partial charge is 0.214 e. The Morgan fingerprint density at radius 1 is 1.05 bits per heavy atom. The quantitative estimate of drug-likeness (QED) is 0.883. The molecule has 2 aromatic rings. The normalized spacial score (nSPS) is 13.0. The van der Waals surface area contributed by atoms with E-state index in [1.807, 2.05) is 37.3 Å². The Hall–Kier alpha value is -1.36. The van der Waals surface area contributed by atoms with Crippen LogP contribution in [-0.4, -0.2) is 15.0 Å². The monoisotopic (exact) mass is 323 g/mol. The molecule has 0 aliphatic rings. The second-order valence-corrected chi connectivity index (χ2v) is 7.22. The van der Waals surface area contributed by atoms with Crippen molar-refractivity contribution in [1.29, 1.82) is 0 Å². The van der Waals surface area contributed by atoms with Gasteiger partial charge in [0.25, 0.3) is 0 Å². The zero-order chi connectivity index (χ0) is 15.3. The summed E-state index contributed by atoms with van der Waals surface area (Å²) in [4.78, 5) is 0. The van der Waals surface area contributed by atoms with Crippen molar-refractivity contribution in [1.82, 2.24) is 4.72 Å². The minimum Gasteiger partial charge on any atom is -0.214 e. The van der Waals surface area contributed by atoms with Crippen molar-refractivity contribution in [3.8, 4) is 0 Å². The summed E-state index contributed by atoms with van der Waals surface area (Å²) < 4.78 is 26.9. The molecule has 1 N–H and O–H groups in total. The second kappa shape index (κ2) is 7.07. The Morgan fingerprint density at radius 2 is 1.67 bits per heavy atom. The van der Waals surface area contributed by atoms with Crippen LogP contribution in [0.25, 0.3) is 0 Å². The molecule has 0 amide bonds. The number of hydrogen-bond acceptors (Lipinski definition) is 2. The molecule has 2 aromatic carbocycles. The van der Waals surface area contributed by atoms with Crippen molar-refractivity contribution in [2.75, 3.05) is 6.54 Å². The average molecular weight is 324 g/mol. The highest BCUT2D eigenvalue weighted by atomic mass is 35.5. The maximum Gasteiger partial charge on any atom is 0.215 e. The van der Waals surface area contributed by atoms with Gasteiger partial charge < -0.3 is 0 Å². The molecule has 0 aromatic heterocycles. The Balaban J connectivity index is 1.97. The maximum absolute atomic E-state index is 12.1. The third-order valence-corrected chi connectivity index (χ3v) is 4.95. The number of halogens is 1. The minimum atomic E-state index is -3.39. The minimum absolute atomic E-state index is 0.103. The summed E-state index contributed by atoms with van der Waals surface area (Å²) in [7, 11) is -3.39. The lowest BCUT2D eigenvalue weighted by Crippen LogP contribution is -2.29. The summed E-state index contributed by atoms with van der Waals surface area (Å²) in [5, 5.41) is 0.471. The molecule has 0 saturated heterocycles. The fraction of sp³-hybridized carbons (Fsp3) is 0.250. The summed E-state index contributed by atoms with van der Waals surface area (Å²) in [5.41, 5.74) is 1.72. The van der Waals surface area contributed by atoms with E-state index in [4.69, 9.17) is 11.6 Å². The van der Waals surface area contributed by atoms with Gasteiger partial charge >= 0.3 is 0 Å². The van der Waals surface area contributed by atoms with Gasteiger partial charge in [-0.3, -0.25) is 0 Å². The third kappa shape index (κ3) is 4.84. The SMILES string of the molecule is C[C@@H](CNS(=O)(=O)Cc1ccccc1Cl)c1ccccc1. The number of sulfonamides is 1. The average Bonchev–Trinajstić information content (AvgIpc) is 2.48. The van der Waals surface area contributed by atoms with E-state index in [2.05, 4.69) is 4.72 Å². The maximum atomic E-state index is 12.1. The number of hydrogen-bond donors (Lipinski definition) is 1. The van der Waals surface area contributed by atoms with E-state index >= 15 is 0 Å². The predicted molar refractivity (Wildman–Crippen MR) is 86.9 cm³/mol. The van der Waals surface area contributed by atoms with E-state index in [-0.39, 0.29) is 11.7 Å². The largest absolute Gasteiger partial charge is 0.215 e. The zero-order valence-electron chi connectivity index (χ0n) is 11.8. The van der Waals surface area contributed by atoms with Crippen LogP contribution in [0.1, 0.15) is 24.0 Å². The molecule has 5 heteroatoms. The lowest BCUT2D eigenvalue weighted by molar-refractivity contribution is 0.574. The molecule has 0 bridgehead atoms. The number of benzene rings is 2. The molecule has 21 heavy (non-hydrogen) atoms. The first-order valence-corrected chi connectivity index (χ1v) is 8.76. The zero-order valence-corrected chi connectivity index (χ0v) is 13.4. The van der Waals surface area contributed by atoms with E-state index in [0.29, 0.717) is 17.1 Å². The summed E-state index contributed by atoms with van der Waals surface area (Å²) >= 11 is 6.00. The second-order valence-electron chi connectivity index (χ2n) is 5.01. The molecule has 0 heterocycles. The summed E-state index contributed by atoms with van der Waals surface area (Å²) in [5.74, 6) is 0.0148. The summed E-state index contributed by atoms with van der Waals surface area (Å²) in [6, 6.07) is 16.8. The van der Waals surface area contributed by atoms with Gasteiger partial charge in [-0.05, 0) is 23.1 Å². The van der Waals surface area contributed by atoms with Crippen LogP contribution in [0.2, 0.25) is 5.02 Å². The van der Waals surface area contributed by atoms with E-state index < -0.39 is 10.0 Å². The molecule has 2 rings (SSSR count). The highest BCUT2D eigenvalue weighted by molar-refractivity contribution is 7.88. The molecule has 0 aliphatic heterocycles. The molecule has 1 atom stereocenters. The highest BCUT2D eigenvalue weighted by Crippen LogP contribution is 2.18. The Bertz CT molecular complexity index is 686. The van der Waals surface area contributed by atoms with Crippen LogP contribution < -0.4 is 4.72 Å². The van der Waals surface area contributed by atoms with Crippen molar-refractivity contribution in [3.05, 3.63) is 70.7 Å². The highest BCUT2D eigenvalue weighted by Gasteiger charge is 2.15. The van der Waals surface area contributed by atoms with E-state index in [9.17, 15) is 8.42 Å². The Morgan fingerprint density at radius 3 is 2.33 bits per heavy atom. The topological polar surface area (TPSA) is 46.2 Å². The first-order valence-electron chi connectivity index (χ1n) is 6.73. The van der Waals surface area contributed by atoms with Gasteiger partial charge in [0.1, 0.15) is 0 Å². The Kier molecular flexibility index (Phi) is 5.39. The van der Waals surface area contributed by atoms with Gasteiger partial charge in [-0.2, -0.15) is 0 Å². The summed E-state index contributed by atoms with van der Waals surface area (Å²) in [6.07, 6.45) is 0. The standard InChI is InChI=1S/C16H18ClNO2S/c1-13(14-7-3-2-4-8-14)11-18-21(19,20)12-15-9-5-6-10-16(15)17/h2-10,13,18H,11-12H2,1H3/t13-/m0/s1. The van der Waals surface area contributed by atoms with Crippen LogP contribution in [0.3, 0.4) is 0 Å². The molecule has 0 fully saturated rings. The molecular formula is C16H18ClNO2S. The molecule has 3 nitrogen and oxygen atoms in total. The molecule has 0 radical (unpaired) electrons. The van der Waals surface area contributed by atoms with Gasteiger partial charge in [-0.1, -0.05) is 67.1 Å². The van der Waals surface area contributed by atoms with E-state index in [1.165, 1.54) is 0 Å². The van der Waals surface area contributed by atoms with Crippen molar-refractivity contribution in [2.45, 2.75) is 18.6 Å². The molecule has 112 valence electrons. The first-order chi connectivity index (χ1) is 9.98. The molecule has 0 aliphatic carbocycles. The van der Waals surface area contributed by atoms with Gasteiger partial charge in [0.05, 0.1) is 5.75 Å². The number of rotatable bonds is 6. The van der Waals surface area contributed by atoms with Gasteiger partial charge in [0.2, 0.25) is 10.0 Å². The number of nitrogens with one attached hydrogen (secondary N) is 1. The van der Waals surface area contributed by atoms with Crippen LogP contribution in [0.15, 0.2) is 54.6 Å². The molecule has 0 saturated carbocycles. The molecule has 0 unspecified atom stereocenters. The van der Waals surface area contributed by atoms with Gasteiger partial charge in [-0.25, -0.2) is 13.1 Å². The van der Waals surface area contributed by atoms with E-state index in [1.54, 1.807) is 24.3 Å². The van der Waals surface area contributed by atoms with Gasteiger partial charge in [0.15, 0.2) is 0 Å². The fourth-order valence-electron chi connectivity index (χ4n) is 2.02. The van der Waals surface area contributed by atoms with Crippen LogP contribution in [0, 0.1) is 0 Å². The predicted octanol–water partition coefficient (Wildman–Crippen LogP) is 3.56. The van der Waals surface area contributed by atoms with Gasteiger partial charge in [0, 0.05) is 11.6 Å². The first kappa shape index (κ1) is 16.0. The lowest BCUT2D eigenvalue weighted by Gasteiger charge is -2.13. The van der Waals surface area contributed by atoms with Crippen molar-refractivity contribution >= 4 is 21.6 Å². The van der Waals surface area contributed by atoms with Crippen LogP contribution in [0.5, 0.6) is 0 Å². The van der Waals surface area contributed by atoms with Crippen molar-refractivity contribution in [3.63, 3.8) is 0 Å². The Labute approximate surface area is 131 Å². The third-order valence-electron chi connectivity index (χ3n) is 3.28. The van der Waals surface area contributed by atoms with Crippen LogP contribution in [-0.2, 0) is 15.8 Å². The van der Waals surface area contributed by atoms with E-state index in [0.717, 1.165) is 5.56 Å². The van der Waals surface area contributed by atoms with Crippen LogP contribution in [0.4, 0.5) is 0 Å². The fourth-order valence-corrected chi connectivity index (χ4v) is 3.57. The van der Waals surface area contributed by atoms with Crippen LogP contribution >= 0.6 is 11.6 Å². The molecule has 0 spiro atoms. The van der Waals surface area contributed by atoms with Crippen molar-refractivity contribution in [2.24, 2.45) is 0 Å².